The smallest absolute Gasteiger partial charge is 0.390 e. The van der Waals surface area contributed by atoms with Crippen LogP contribution >= 0.6 is 0 Å². The monoisotopic (exact) mass is 448 g/mol. The first kappa shape index (κ1) is 22.0. The number of piperidine rings is 1. The number of benzene rings is 1. The van der Waals surface area contributed by atoms with Gasteiger partial charge in [-0.15, -0.1) is 0 Å². The van der Waals surface area contributed by atoms with Crippen LogP contribution in [-0.2, 0) is 0 Å². The second-order valence-electron chi connectivity index (χ2n) is 7.72. The summed E-state index contributed by atoms with van der Waals surface area (Å²) in [4.78, 5) is 26.9. The molecular weight excluding hydrogens is 425 g/mol. The largest absolute Gasteiger partial charge is 0.441 e. The molecule has 1 aliphatic heterocycles. The molecule has 11 heteroatoms. The van der Waals surface area contributed by atoms with Crippen molar-refractivity contribution in [2.24, 2.45) is 0 Å². The Balaban J connectivity index is 1.34. The van der Waals surface area contributed by atoms with Gasteiger partial charge >= 0.3 is 12.2 Å². The molecular formula is C21H23F3N6O2. The minimum absolute atomic E-state index is 0.0310. The molecule has 0 bridgehead atoms. The Morgan fingerprint density at radius 2 is 2.00 bits per heavy atom. The van der Waals surface area contributed by atoms with Crippen LogP contribution < -0.4 is 10.6 Å². The molecule has 3 heterocycles. The summed E-state index contributed by atoms with van der Waals surface area (Å²) in [6, 6.07) is 5.23. The summed E-state index contributed by atoms with van der Waals surface area (Å²) < 4.78 is 42.4. The summed E-state index contributed by atoms with van der Waals surface area (Å²) >= 11 is 0. The zero-order chi connectivity index (χ0) is 22.7. The molecule has 0 radical (unpaired) electrons. The highest BCUT2D eigenvalue weighted by molar-refractivity contribution is 5.89. The number of hydrogen-bond donors (Lipinski definition) is 2. The quantitative estimate of drug-likeness (QED) is 0.609. The molecule has 1 aliphatic rings. The van der Waals surface area contributed by atoms with Gasteiger partial charge in [0, 0.05) is 49.7 Å². The number of urea groups is 1. The van der Waals surface area contributed by atoms with Gasteiger partial charge < -0.3 is 14.6 Å². The van der Waals surface area contributed by atoms with E-state index in [0.29, 0.717) is 43.1 Å². The number of amides is 2. The number of carbonyl (C=O) groups excluding carboxylic acids is 1. The van der Waals surface area contributed by atoms with Crippen LogP contribution in [0.3, 0.4) is 0 Å². The first-order chi connectivity index (χ1) is 15.3. The maximum atomic E-state index is 12.6. The van der Waals surface area contributed by atoms with E-state index in [1.165, 1.54) is 0 Å². The molecule has 1 saturated heterocycles. The fourth-order valence-electron chi connectivity index (χ4n) is 3.61. The van der Waals surface area contributed by atoms with Crippen molar-refractivity contribution in [1.29, 1.82) is 0 Å². The van der Waals surface area contributed by atoms with E-state index in [-0.39, 0.29) is 24.6 Å². The normalized spacial score (nSPS) is 15.3. The molecule has 3 aromatic rings. The van der Waals surface area contributed by atoms with Crippen molar-refractivity contribution in [2.75, 3.05) is 25.0 Å². The van der Waals surface area contributed by atoms with Crippen molar-refractivity contribution >= 4 is 22.9 Å². The summed E-state index contributed by atoms with van der Waals surface area (Å²) in [7, 11) is 0. The molecule has 1 fully saturated rings. The molecule has 2 amide bonds. The third kappa shape index (κ3) is 5.52. The van der Waals surface area contributed by atoms with Crippen LogP contribution in [0.25, 0.3) is 22.2 Å². The topological polar surface area (TPSA) is 96.2 Å². The maximum absolute atomic E-state index is 12.6. The maximum Gasteiger partial charge on any atom is 0.390 e. The number of rotatable bonds is 5. The van der Waals surface area contributed by atoms with Gasteiger partial charge in [-0.05, 0) is 18.9 Å². The first-order valence-corrected chi connectivity index (χ1v) is 10.3. The van der Waals surface area contributed by atoms with Gasteiger partial charge in [0.05, 0.1) is 18.1 Å². The fourth-order valence-corrected chi connectivity index (χ4v) is 3.61. The highest BCUT2D eigenvalue weighted by atomic mass is 19.4. The van der Waals surface area contributed by atoms with Gasteiger partial charge in [0.15, 0.2) is 11.7 Å². The van der Waals surface area contributed by atoms with Gasteiger partial charge in [-0.3, -0.25) is 5.32 Å². The van der Waals surface area contributed by atoms with Crippen LogP contribution in [0, 0.1) is 6.92 Å². The van der Waals surface area contributed by atoms with Gasteiger partial charge in [0.2, 0.25) is 5.95 Å². The highest BCUT2D eigenvalue weighted by Crippen LogP contribution is 2.24. The number of alkyl halides is 3. The summed E-state index contributed by atoms with van der Waals surface area (Å²) in [5, 5.41) is 6.43. The Morgan fingerprint density at radius 1 is 1.22 bits per heavy atom. The third-order valence-electron chi connectivity index (χ3n) is 5.33. The summed E-state index contributed by atoms with van der Waals surface area (Å²) in [5.74, 6) is 1.37. The number of nitrogens with one attached hydrogen (secondary N) is 2. The average molecular weight is 448 g/mol. The van der Waals surface area contributed by atoms with Crippen molar-refractivity contribution in [2.45, 2.75) is 38.4 Å². The Morgan fingerprint density at radius 3 is 2.69 bits per heavy atom. The van der Waals surface area contributed by atoms with Gasteiger partial charge in [0.1, 0.15) is 0 Å². The van der Waals surface area contributed by atoms with E-state index in [2.05, 4.69) is 25.6 Å². The molecule has 32 heavy (non-hydrogen) atoms. The predicted molar refractivity (Wildman–Crippen MR) is 112 cm³/mol. The number of fused-ring (bicyclic) bond motifs is 1. The molecule has 8 nitrogen and oxygen atoms in total. The number of likely N-dealkylation sites (tertiary alicyclic amines) is 1. The fraction of sp³-hybridized carbons (Fsp3) is 0.429. The molecule has 0 saturated carbocycles. The lowest BCUT2D eigenvalue weighted by Crippen LogP contribution is -2.47. The minimum atomic E-state index is -4.16. The summed E-state index contributed by atoms with van der Waals surface area (Å²) in [5.41, 5.74) is 1.46. The number of carbonyl (C=O) groups is 1. The van der Waals surface area contributed by atoms with Gasteiger partial charge in [-0.1, -0.05) is 12.1 Å². The molecule has 2 N–H and O–H groups in total. The van der Waals surface area contributed by atoms with E-state index in [9.17, 15) is 18.0 Å². The number of aryl methyl sites for hydroxylation is 1. The Hall–Kier alpha value is -3.21. The second kappa shape index (κ2) is 9.11. The summed E-state index contributed by atoms with van der Waals surface area (Å²) in [6.45, 7) is 2.54. The number of halogens is 3. The SMILES string of the molecule is Cc1ncc(-c2ccc3cnc(NC(=O)N4CCC(NCCC(F)(F)F)CC4)nc3c2)o1. The van der Waals surface area contributed by atoms with Gasteiger partial charge in [-0.2, -0.15) is 13.2 Å². The van der Waals surface area contributed by atoms with Crippen molar-refractivity contribution in [3.8, 4) is 11.3 Å². The van der Waals surface area contributed by atoms with Crippen LogP contribution in [0.2, 0.25) is 0 Å². The highest BCUT2D eigenvalue weighted by Gasteiger charge is 2.28. The van der Waals surface area contributed by atoms with Crippen molar-refractivity contribution in [3.63, 3.8) is 0 Å². The zero-order valence-electron chi connectivity index (χ0n) is 17.4. The number of hydrogen-bond acceptors (Lipinski definition) is 6. The minimum Gasteiger partial charge on any atom is -0.441 e. The van der Waals surface area contributed by atoms with Crippen molar-refractivity contribution < 1.29 is 22.4 Å². The standard InChI is InChI=1S/C21H23F3N6O2/c1-13-26-12-18(32-13)14-2-3-15-11-27-19(28-17(15)10-14)29-20(31)30-8-4-16(5-9-30)25-7-6-21(22,23)24/h2-3,10-12,16,25H,4-9H2,1H3,(H,27,28,29,31). The van der Waals surface area contributed by atoms with Crippen molar-refractivity contribution in [3.05, 3.63) is 36.5 Å². The molecule has 170 valence electrons. The zero-order valence-corrected chi connectivity index (χ0v) is 17.4. The van der Waals surface area contributed by atoms with E-state index in [0.717, 1.165) is 10.9 Å². The lowest BCUT2D eigenvalue weighted by atomic mass is 10.1. The van der Waals surface area contributed by atoms with Crippen LogP contribution in [-0.4, -0.2) is 57.7 Å². The molecule has 0 spiro atoms. The molecule has 1 aromatic carbocycles. The Bertz CT molecular complexity index is 1090. The van der Waals surface area contributed by atoms with Crippen LogP contribution in [0.4, 0.5) is 23.9 Å². The molecule has 0 unspecified atom stereocenters. The number of oxazole rings is 1. The molecule has 0 aliphatic carbocycles. The van der Waals surface area contributed by atoms with Crippen molar-refractivity contribution in [1.82, 2.24) is 25.2 Å². The van der Waals surface area contributed by atoms with E-state index in [4.69, 9.17) is 4.42 Å². The predicted octanol–water partition coefficient (Wildman–Crippen LogP) is 4.13. The number of nitrogens with zero attached hydrogens (tertiary/aromatic N) is 4. The van der Waals surface area contributed by atoms with Gasteiger partial charge in [-0.25, -0.2) is 19.7 Å². The second-order valence-corrected chi connectivity index (χ2v) is 7.72. The Kier molecular flexibility index (Phi) is 6.26. The van der Waals surface area contributed by atoms with E-state index < -0.39 is 12.6 Å². The molecule has 2 aromatic heterocycles. The first-order valence-electron chi connectivity index (χ1n) is 10.3. The third-order valence-corrected chi connectivity index (χ3v) is 5.33. The number of aromatic nitrogens is 3. The number of anilines is 1. The molecule has 4 rings (SSSR count). The van der Waals surface area contributed by atoms with E-state index in [1.54, 1.807) is 24.2 Å². The van der Waals surface area contributed by atoms with E-state index in [1.807, 2.05) is 18.2 Å². The van der Waals surface area contributed by atoms with E-state index >= 15 is 0 Å². The molecule has 0 atom stereocenters. The summed E-state index contributed by atoms with van der Waals surface area (Å²) in [6.07, 6.45) is -0.577. The van der Waals surface area contributed by atoms with Crippen LogP contribution in [0.1, 0.15) is 25.2 Å². The lowest BCUT2D eigenvalue weighted by Gasteiger charge is -2.32. The van der Waals surface area contributed by atoms with Crippen LogP contribution in [0.15, 0.2) is 35.0 Å². The Labute approximate surface area is 182 Å². The average Bonchev–Trinajstić information content (AvgIpc) is 3.19. The van der Waals surface area contributed by atoms with Crippen LogP contribution in [0.5, 0.6) is 0 Å². The van der Waals surface area contributed by atoms with Gasteiger partial charge in [0.25, 0.3) is 0 Å². The lowest BCUT2D eigenvalue weighted by molar-refractivity contribution is -0.133.